The summed E-state index contributed by atoms with van der Waals surface area (Å²) in [7, 11) is 0. The Kier molecular flexibility index (Phi) is 6.77. The van der Waals surface area contributed by atoms with E-state index in [1.54, 1.807) is 0 Å². The molecule has 0 atom stereocenters. The predicted octanol–water partition coefficient (Wildman–Crippen LogP) is 1.90. The van der Waals surface area contributed by atoms with Crippen molar-refractivity contribution in [2.45, 2.75) is 30.9 Å². The first-order chi connectivity index (χ1) is 8.14. The Balaban J connectivity index is 2.27. The van der Waals surface area contributed by atoms with Crippen LogP contribution in [0.3, 0.4) is 0 Å². The molecule has 1 fully saturated rings. The number of hydrogen-bond donors (Lipinski definition) is 1. The fourth-order valence-corrected chi connectivity index (χ4v) is 3.47. The summed E-state index contributed by atoms with van der Waals surface area (Å²) in [5.41, 5.74) is 5.87. The van der Waals surface area contributed by atoms with E-state index in [-0.39, 0.29) is 4.75 Å². The van der Waals surface area contributed by atoms with Gasteiger partial charge < -0.3 is 15.4 Å². The second-order valence-electron chi connectivity index (χ2n) is 4.45. The molecule has 0 unspecified atom stereocenters. The Morgan fingerprint density at radius 3 is 2.59 bits per heavy atom. The largest absolute Gasteiger partial charge is 0.392 e. The fourth-order valence-electron chi connectivity index (χ4n) is 2.22. The highest BCUT2D eigenvalue weighted by Gasteiger charge is 2.36. The minimum Gasteiger partial charge on any atom is -0.392 e. The van der Waals surface area contributed by atoms with Crippen LogP contribution in [-0.2, 0) is 4.74 Å². The molecule has 0 amide bonds. The number of likely N-dealkylation sites (tertiary alicyclic amines) is 1. The molecule has 0 spiro atoms. The van der Waals surface area contributed by atoms with Crippen molar-refractivity contribution in [1.29, 1.82) is 0 Å². The minimum absolute atomic E-state index is 0.0474. The average molecular weight is 276 g/mol. The summed E-state index contributed by atoms with van der Waals surface area (Å²) in [5.74, 6) is 0. The highest BCUT2D eigenvalue weighted by Crippen LogP contribution is 2.34. The van der Waals surface area contributed by atoms with Gasteiger partial charge in [0.25, 0.3) is 0 Å². The van der Waals surface area contributed by atoms with Gasteiger partial charge in [-0.2, -0.15) is 11.8 Å². The molecule has 0 bridgehead atoms. The number of nitrogens with zero attached hydrogens (tertiary/aromatic N) is 1. The average Bonchev–Trinajstić information content (AvgIpc) is 2.35. The topological polar surface area (TPSA) is 38.5 Å². The van der Waals surface area contributed by atoms with E-state index in [0.717, 1.165) is 52.1 Å². The number of rotatable bonds is 7. The first-order valence-corrected chi connectivity index (χ1v) is 7.93. The van der Waals surface area contributed by atoms with Crippen molar-refractivity contribution in [1.82, 2.24) is 4.90 Å². The Morgan fingerprint density at radius 2 is 2.12 bits per heavy atom. The smallest absolute Gasteiger partial charge is 0.0891 e. The van der Waals surface area contributed by atoms with Crippen LogP contribution in [0.2, 0.25) is 0 Å². The summed E-state index contributed by atoms with van der Waals surface area (Å²) in [5, 5.41) is 0. The van der Waals surface area contributed by atoms with Gasteiger partial charge >= 0.3 is 0 Å². The molecule has 1 aliphatic heterocycles. The van der Waals surface area contributed by atoms with Gasteiger partial charge in [0, 0.05) is 19.8 Å². The molecule has 0 aromatic rings. The van der Waals surface area contributed by atoms with E-state index in [1.807, 2.05) is 18.7 Å². The number of piperidine rings is 1. The van der Waals surface area contributed by atoms with Gasteiger partial charge in [0.1, 0.15) is 0 Å². The van der Waals surface area contributed by atoms with Gasteiger partial charge in [-0.1, -0.05) is 12.2 Å². The summed E-state index contributed by atoms with van der Waals surface area (Å²) < 4.78 is 5.40. The quantitative estimate of drug-likeness (QED) is 0.568. The molecule has 1 rings (SSSR count). The Morgan fingerprint density at radius 1 is 1.47 bits per heavy atom. The van der Waals surface area contributed by atoms with Crippen LogP contribution in [0.5, 0.6) is 0 Å². The van der Waals surface area contributed by atoms with Crippen molar-refractivity contribution in [3.63, 3.8) is 0 Å². The van der Waals surface area contributed by atoms with Crippen LogP contribution in [0.4, 0.5) is 0 Å². The van der Waals surface area contributed by atoms with Crippen molar-refractivity contribution in [2.75, 3.05) is 39.1 Å². The molecule has 1 heterocycles. The number of hydrogen-bond acceptors (Lipinski definition) is 4. The maximum Gasteiger partial charge on any atom is 0.0891 e. The van der Waals surface area contributed by atoms with Crippen LogP contribution in [0.25, 0.3) is 0 Å². The molecule has 0 aliphatic carbocycles. The van der Waals surface area contributed by atoms with E-state index < -0.39 is 0 Å². The van der Waals surface area contributed by atoms with E-state index in [0.29, 0.717) is 4.99 Å². The van der Waals surface area contributed by atoms with Crippen LogP contribution in [0.1, 0.15) is 26.2 Å². The third-order valence-electron chi connectivity index (χ3n) is 3.47. The predicted molar refractivity (Wildman–Crippen MR) is 79.8 cm³/mol. The summed E-state index contributed by atoms with van der Waals surface area (Å²) in [4.78, 5) is 3.17. The number of thiocarbonyl (C=S) groups is 1. The molecule has 1 saturated heterocycles. The molecular formula is C12H24N2OS2. The van der Waals surface area contributed by atoms with Crippen molar-refractivity contribution < 1.29 is 4.74 Å². The number of nitrogens with two attached hydrogens (primary N) is 1. The zero-order valence-electron chi connectivity index (χ0n) is 10.9. The molecule has 0 aromatic carbocycles. The SMILES string of the molecule is CCOCCCN1CCC(SC)(C(N)=S)CC1. The zero-order valence-corrected chi connectivity index (χ0v) is 12.5. The van der Waals surface area contributed by atoms with Crippen LogP contribution >= 0.6 is 24.0 Å². The van der Waals surface area contributed by atoms with Crippen LogP contribution in [0.15, 0.2) is 0 Å². The van der Waals surface area contributed by atoms with Crippen LogP contribution in [0, 0.1) is 0 Å². The van der Waals surface area contributed by atoms with E-state index in [2.05, 4.69) is 11.2 Å². The molecule has 0 radical (unpaired) electrons. The Labute approximate surface area is 114 Å². The van der Waals surface area contributed by atoms with E-state index in [9.17, 15) is 0 Å². The summed E-state index contributed by atoms with van der Waals surface area (Å²) in [6, 6.07) is 0. The molecule has 100 valence electrons. The van der Waals surface area contributed by atoms with Gasteiger partial charge in [0.2, 0.25) is 0 Å². The summed E-state index contributed by atoms with van der Waals surface area (Å²) in [6.07, 6.45) is 5.40. The lowest BCUT2D eigenvalue weighted by Gasteiger charge is -2.40. The molecule has 5 heteroatoms. The third-order valence-corrected chi connectivity index (χ3v) is 5.40. The lowest BCUT2D eigenvalue weighted by atomic mass is 9.95. The minimum atomic E-state index is 0.0474. The van der Waals surface area contributed by atoms with Crippen LogP contribution in [-0.4, -0.2) is 53.7 Å². The van der Waals surface area contributed by atoms with Gasteiger partial charge in [-0.15, -0.1) is 0 Å². The lowest BCUT2D eigenvalue weighted by molar-refractivity contribution is 0.126. The van der Waals surface area contributed by atoms with Crippen molar-refractivity contribution >= 4 is 29.0 Å². The first-order valence-electron chi connectivity index (χ1n) is 6.30. The molecule has 0 saturated carbocycles. The second kappa shape index (κ2) is 7.56. The highest BCUT2D eigenvalue weighted by molar-refractivity contribution is 8.01. The summed E-state index contributed by atoms with van der Waals surface area (Å²) >= 11 is 7.02. The Bertz CT molecular complexity index is 241. The maximum atomic E-state index is 5.87. The molecule has 2 N–H and O–H groups in total. The first kappa shape index (κ1) is 15.2. The van der Waals surface area contributed by atoms with Gasteiger partial charge in [-0.25, -0.2) is 0 Å². The second-order valence-corrected chi connectivity index (χ2v) is 6.08. The lowest BCUT2D eigenvalue weighted by Crippen LogP contribution is -2.49. The number of ether oxygens (including phenoxy) is 1. The van der Waals surface area contributed by atoms with E-state index >= 15 is 0 Å². The number of thioether (sulfide) groups is 1. The Hall–Kier alpha value is 0.160. The van der Waals surface area contributed by atoms with E-state index in [4.69, 9.17) is 22.7 Å². The van der Waals surface area contributed by atoms with Gasteiger partial charge in [0.15, 0.2) is 0 Å². The van der Waals surface area contributed by atoms with Gasteiger partial charge in [-0.3, -0.25) is 0 Å². The van der Waals surface area contributed by atoms with Gasteiger partial charge in [0.05, 0.1) is 9.74 Å². The van der Waals surface area contributed by atoms with Crippen LogP contribution < -0.4 is 5.73 Å². The highest BCUT2D eigenvalue weighted by atomic mass is 32.2. The van der Waals surface area contributed by atoms with Gasteiger partial charge in [-0.05, 0) is 45.5 Å². The monoisotopic (exact) mass is 276 g/mol. The third kappa shape index (κ3) is 4.39. The molecule has 3 nitrogen and oxygen atoms in total. The molecular weight excluding hydrogens is 252 g/mol. The molecule has 1 aliphatic rings. The van der Waals surface area contributed by atoms with Crippen molar-refractivity contribution in [3.05, 3.63) is 0 Å². The maximum absolute atomic E-state index is 5.87. The molecule has 17 heavy (non-hydrogen) atoms. The fraction of sp³-hybridized carbons (Fsp3) is 0.917. The van der Waals surface area contributed by atoms with Crippen molar-refractivity contribution in [2.24, 2.45) is 5.73 Å². The standard InChI is InChI=1S/C12H24N2OS2/c1-3-15-10-4-7-14-8-5-12(17-2,6-9-14)11(13)16/h3-10H2,1-2H3,(H2,13,16). The van der Waals surface area contributed by atoms with Crippen molar-refractivity contribution in [3.8, 4) is 0 Å². The zero-order chi connectivity index (χ0) is 12.7. The normalized spacial score (nSPS) is 20.4. The van der Waals surface area contributed by atoms with E-state index in [1.165, 1.54) is 0 Å². The molecule has 0 aromatic heterocycles. The summed E-state index contributed by atoms with van der Waals surface area (Å²) in [6.45, 7) is 7.05.